The van der Waals surface area contributed by atoms with Gasteiger partial charge in [-0.05, 0) is 19.3 Å². The number of piperidine rings is 1. The van der Waals surface area contributed by atoms with Gasteiger partial charge in [-0.2, -0.15) is 22.5 Å². The molecule has 1 aliphatic heterocycles. The quantitative estimate of drug-likeness (QED) is 0.535. The third-order valence-corrected chi connectivity index (χ3v) is 2.82. The van der Waals surface area contributed by atoms with Crippen LogP contribution in [0.3, 0.4) is 0 Å². The van der Waals surface area contributed by atoms with E-state index < -0.39 is 48.4 Å². The van der Waals surface area contributed by atoms with Crippen LogP contribution in [0, 0.1) is 0 Å². The Morgan fingerprint density at radius 2 is 1.14 bits per heavy atom. The van der Waals surface area contributed by atoms with Gasteiger partial charge in [0.2, 0.25) is 5.83 Å². The first-order valence-electron chi connectivity index (χ1n) is 5.92. The van der Waals surface area contributed by atoms with Crippen LogP contribution in [0.4, 0.5) is 43.9 Å². The van der Waals surface area contributed by atoms with Crippen molar-refractivity contribution in [2.45, 2.75) is 38.0 Å². The first-order valence-corrected chi connectivity index (χ1v) is 5.92. The van der Waals surface area contributed by atoms with E-state index in [9.17, 15) is 43.9 Å². The van der Waals surface area contributed by atoms with Gasteiger partial charge in [-0.1, -0.05) is 0 Å². The van der Waals surface area contributed by atoms with Crippen molar-refractivity contribution in [1.82, 2.24) is 9.80 Å². The van der Waals surface area contributed by atoms with E-state index in [2.05, 4.69) is 0 Å². The molecule has 0 atom stereocenters. The first kappa shape index (κ1) is 18.7. The van der Waals surface area contributed by atoms with E-state index in [-0.39, 0.29) is 17.7 Å². The summed E-state index contributed by atoms with van der Waals surface area (Å²) in [7, 11) is 0. The summed E-state index contributed by atoms with van der Waals surface area (Å²) in [6.45, 7) is -1.08. The van der Waals surface area contributed by atoms with Crippen molar-refractivity contribution in [2.75, 3.05) is 13.1 Å². The molecule has 0 aliphatic carbocycles. The van der Waals surface area contributed by atoms with Crippen molar-refractivity contribution in [2.24, 2.45) is 0 Å². The summed E-state index contributed by atoms with van der Waals surface area (Å²) >= 11 is 0. The molecule has 1 aliphatic rings. The van der Waals surface area contributed by atoms with E-state index in [1.54, 1.807) is 0 Å². The molecular formula is C10H10F10N2. The third-order valence-electron chi connectivity index (χ3n) is 2.82. The fourth-order valence-corrected chi connectivity index (χ4v) is 1.99. The average Bonchev–Trinajstić information content (AvgIpc) is 2.31. The second-order valence-electron chi connectivity index (χ2n) is 4.45. The maximum Gasteiger partial charge on any atom is 0.493 e. The summed E-state index contributed by atoms with van der Waals surface area (Å²) in [5.41, 5.74) is 0. The molecule has 22 heavy (non-hydrogen) atoms. The molecule has 12 heteroatoms. The molecule has 0 radical (unpaired) electrons. The normalized spacial score (nSPS) is 19.1. The molecule has 0 spiro atoms. The Morgan fingerprint density at radius 1 is 0.727 bits per heavy atom. The summed E-state index contributed by atoms with van der Waals surface area (Å²) < 4.78 is 126. The highest BCUT2D eigenvalue weighted by molar-refractivity contribution is 5.13. The van der Waals surface area contributed by atoms with Gasteiger partial charge in [0.15, 0.2) is 5.82 Å². The molecule has 0 aromatic heterocycles. The standard InChI is InChI=1S/C10H10F10N2/c11-6(8(12,13)14)7(21-4-2-1-3-5-21)22(9(15,16)17)10(18,19)20/h1-5H2/b7-6+. The van der Waals surface area contributed by atoms with Gasteiger partial charge >= 0.3 is 18.8 Å². The topological polar surface area (TPSA) is 6.48 Å². The van der Waals surface area contributed by atoms with E-state index in [1.165, 1.54) is 0 Å². The summed E-state index contributed by atoms with van der Waals surface area (Å²) in [6, 6.07) is 0. The SMILES string of the molecule is F/C(=C(\N1CCCCC1)N(C(F)(F)F)C(F)(F)F)C(F)(F)F. The summed E-state index contributed by atoms with van der Waals surface area (Å²) in [6.07, 6.45) is -18.0. The number of halogens is 10. The Morgan fingerprint density at radius 3 is 1.45 bits per heavy atom. The van der Waals surface area contributed by atoms with Crippen LogP contribution >= 0.6 is 0 Å². The average molecular weight is 348 g/mol. The zero-order valence-corrected chi connectivity index (χ0v) is 10.7. The van der Waals surface area contributed by atoms with Crippen molar-refractivity contribution in [3.8, 4) is 0 Å². The van der Waals surface area contributed by atoms with E-state index >= 15 is 0 Å². The Hall–Kier alpha value is -1.36. The lowest BCUT2D eigenvalue weighted by Crippen LogP contribution is -2.53. The maximum absolute atomic E-state index is 13.3. The first-order chi connectivity index (χ1) is 9.76. The van der Waals surface area contributed by atoms with Crippen LogP contribution in [0.2, 0.25) is 0 Å². The zero-order valence-electron chi connectivity index (χ0n) is 10.7. The lowest BCUT2D eigenvalue weighted by molar-refractivity contribution is -0.366. The fourth-order valence-electron chi connectivity index (χ4n) is 1.99. The monoisotopic (exact) mass is 348 g/mol. The molecule has 1 saturated heterocycles. The second-order valence-corrected chi connectivity index (χ2v) is 4.45. The van der Waals surface area contributed by atoms with Gasteiger partial charge in [0, 0.05) is 13.1 Å². The molecule has 130 valence electrons. The molecule has 2 nitrogen and oxygen atoms in total. The number of rotatable bonds is 2. The van der Waals surface area contributed by atoms with Gasteiger partial charge in [-0.15, -0.1) is 26.3 Å². The number of allylic oxidation sites excluding steroid dienone is 1. The molecule has 1 fully saturated rings. The van der Waals surface area contributed by atoms with Crippen LogP contribution in [-0.2, 0) is 0 Å². The molecule has 0 N–H and O–H groups in total. The minimum Gasteiger partial charge on any atom is -0.355 e. The Bertz CT molecular complexity index is 399. The van der Waals surface area contributed by atoms with E-state index in [0.29, 0.717) is 6.42 Å². The van der Waals surface area contributed by atoms with Crippen LogP contribution in [0.25, 0.3) is 0 Å². The Labute approximate surface area is 118 Å². The van der Waals surface area contributed by atoms with E-state index in [1.807, 2.05) is 0 Å². The molecule has 1 rings (SSSR count). The molecule has 0 saturated carbocycles. The lowest BCUT2D eigenvalue weighted by atomic mass is 10.1. The highest BCUT2D eigenvalue weighted by atomic mass is 19.4. The number of likely N-dealkylation sites (tertiary alicyclic amines) is 1. The fraction of sp³-hybridized carbons (Fsp3) is 0.800. The van der Waals surface area contributed by atoms with Crippen molar-refractivity contribution in [3.05, 3.63) is 11.6 Å². The van der Waals surface area contributed by atoms with Crippen LogP contribution in [-0.4, -0.2) is 41.7 Å². The summed E-state index contributed by atoms with van der Waals surface area (Å²) in [4.78, 5) is -2.32. The number of hydrogen-bond donors (Lipinski definition) is 0. The molecular weight excluding hydrogens is 338 g/mol. The van der Waals surface area contributed by atoms with Crippen molar-refractivity contribution >= 4 is 0 Å². The van der Waals surface area contributed by atoms with E-state index in [0.717, 1.165) is 0 Å². The third kappa shape index (κ3) is 4.32. The largest absolute Gasteiger partial charge is 0.493 e. The smallest absolute Gasteiger partial charge is 0.355 e. The van der Waals surface area contributed by atoms with Crippen LogP contribution < -0.4 is 0 Å². The number of nitrogens with zero attached hydrogens (tertiary/aromatic N) is 2. The van der Waals surface area contributed by atoms with Gasteiger partial charge in [-0.25, -0.2) is 0 Å². The predicted octanol–water partition coefficient (Wildman–Crippen LogP) is 4.51. The molecule has 0 aromatic carbocycles. The minimum atomic E-state index is -6.26. The molecule has 0 amide bonds. The van der Waals surface area contributed by atoms with Crippen molar-refractivity contribution in [1.29, 1.82) is 0 Å². The van der Waals surface area contributed by atoms with Crippen LogP contribution in [0.5, 0.6) is 0 Å². The highest BCUT2D eigenvalue weighted by Crippen LogP contribution is 2.43. The zero-order chi connectivity index (χ0) is 17.3. The summed E-state index contributed by atoms with van der Waals surface area (Å²) in [5, 5.41) is 0. The second kappa shape index (κ2) is 6.03. The Balaban J connectivity index is 3.47. The van der Waals surface area contributed by atoms with Gasteiger partial charge in [0.25, 0.3) is 0 Å². The molecule has 0 bridgehead atoms. The van der Waals surface area contributed by atoms with Gasteiger partial charge < -0.3 is 4.90 Å². The molecule has 0 aromatic rings. The molecule has 0 unspecified atom stereocenters. The molecule has 1 heterocycles. The maximum atomic E-state index is 13.3. The van der Waals surface area contributed by atoms with Crippen molar-refractivity contribution < 1.29 is 43.9 Å². The Kier molecular flexibility index (Phi) is 5.12. The van der Waals surface area contributed by atoms with Gasteiger partial charge in [0.05, 0.1) is 0 Å². The van der Waals surface area contributed by atoms with Crippen LogP contribution in [0.1, 0.15) is 19.3 Å². The van der Waals surface area contributed by atoms with Gasteiger partial charge in [0.1, 0.15) is 0 Å². The number of alkyl halides is 9. The highest BCUT2D eigenvalue weighted by Gasteiger charge is 2.59. The van der Waals surface area contributed by atoms with Crippen molar-refractivity contribution in [3.63, 3.8) is 0 Å². The van der Waals surface area contributed by atoms with Crippen LogP contribution in [0.15, 0.2) is 11.6 Å². The van der Waals surface area contributed by atoms with Gasteiger partial charge in [-0.3, -0.25) is 0 Å². The predicted molar refractivity (Wildman–Crippen MR) is 53.6 cm³/mol. The number of hydrogen-bond acceptors (Lipinski definition) is 2. The minimum absolute atomic E-state index is 0.0538. The lowest BCUT2D eigenvalue weighted by Gasteiger charge is -2.39. The summed E-state index contributed by atoms with van der Waals surface area (Å²) in [5.74, 6) is -5.99. The van der Waals surface area contributed by atoms with E-state index in [4.69, 9.17) is 0 Å².